The number of anilines is 2. The van der Waals surface area contributed by atoms with Gasteiger partial charge in [0.1, 0.15) is 23.4 Å². The Hall–Kier alpha value is -3.67. The van der Waals surface area contributed by atoms with Crippen molar-refractivity contribution < 1.29 is 13.2 Å². The van der Waals surface area contributed by atoms with Crippen LogP contribution < -0.4 is 10.6 Å². The van der Waals surface area contributed by atoms with Gasteiger partial charge in [-0.05, 0) is 35.7 Å². The second-order valence-electron chi connectivity index (χ2n) is 7.01. The van der Waals surface area contributed by atoms with Crippen LogP contribution in [0.25, 0.3) is 0 Å². The molecule has 3 aromatic heterocycles. The van der Waals surface area contributed by atoms with Crippen molar-refractivity contribution in [2.75, 3.05) is 17.2 Å². The molecule has 4 heterocycles. The summed E-state index contributed by atoms with van der Waals surface area (Å²) in [6, 6.07) is 10.1. The molecule has 0 amide bonds. The number of pyridine rings is 3. The number of rotatable bonds is 5. The first-order valence-corrected chi connectivity index (χ1v) is 9.27. The summed E-state index contributed by atoms with van der Waals surface area (Å²) in [6.45, 7) is 1.07. The van der Waals surface area contributed by atoms with Gasteiger partial charge in [-0.25, -0.2) is 9.97 Å². The number of aromatic nitrogens is 3. The fourth-order valence-electron chi connectivity index (χ4n) is 3.34. The molecule has 1 atom stereocenters. The molecule has 1 unspecified atom stereocenters. The van der Waals surface area contributed by atoms with Crippen molar-refractivity contribution in [1.82, 2.24) is 15.0 Å². The minimum absolute atomic E-state index is 0.208. The summed E-state index contributed by atoms with van der Waals surface area (Å²) in [5.74, 6) is 1.65. The van der Waals surface area contributed by atoms with Crippen molar-refractivity contribution in [1.29, 1.82) is 5.26 Å². The van der Waals surface area contributed by atoms with Crippen molar-refractivity contribution in [2.24, 2.45) is 0 Å². The molecule has 2 N–H and O–H groups in total. The minimum atomic E-state index is -4.44. The number of nitriles is 1. The van der Waals surface area contributed by atoms with Crippen LogP contribution in [0.1, 0.15) is 33.9 Å². The van der Waals surface area contributed by atoms with Crippen molar-refractivity contribution in [3.05, 3.63) is 76.9 Å². The minimum Gasteiger partial charge on any atom is -0.369 e. The van der Waals surface area contributed by atoms with Crippen LogP contribution in [0.2, 0.25) is 0 Å². The molecule has 6 nitrogen and oxygen atoms in total. The molecule has 4 rings (SSSR count). The summed E-state index contributed by atoms with van der Waals surface area (Å²) in [5.41, 5.74) is 2.33. The third-order valence-electron chi connectivity index (χ3n) is 4.90. The van der Waals surface area contributed by atoms with Gasteiger partial charge in [0.25, 0.3) is 0 Å². The van der Waals surface area contributed by atoms with Gasteiger partial charge in [0.2, 0.25) is 0 Å². The fourth-order valence-corrected chi connectivity index (χ4v) is 3.34. The number of halogens is 3. The lowest BCUT2D eigenvalue weighted by atomic mass is 9.95. The van der Waals surface area contributed by atoms with E-state index in [4.69, 9.17) is 5.26 Å². The molecule has 0 saturated heterocycles. The maximum Gasteiger partial charge on any atom is 0.433 e. The Balaban J connectivity index is 1.36. The Morgan fingerprint density at radius 2 is 1.87 bits per heavy atom. The van der Waals surface area contributed by atoms with Gasteiger partial charge in [-0.2, -0.15) is 18.4 Å². The van der Waals surface area contributed by atoms with E-state index in [9.17, 15) is 13.2 Å². The van der Waals surface area contributed by atoms with Gasteiger partial charge in [0.05, 0.1) is 5.56 Å². The summed E-state index contributed by atoms with van der Waals surface area (Å²) >= 11 is 0. The third-order valence-corrected chi connectivity index (χ3v) is 4.90. The summed E-state index contributed by atoms with van der Waals surface area (Å²) in [5, 5.41) is 15.4. The second-order valence-corrected chi connectivity index (χ2v) is 7.01. The standard InChI is InChI=1S/C21H17F3N6/c22-21(23,24)18-3-1-14(9-26-18)10-28-19-4-2-13(8-27-19)5-16-12-30-20-17(16)6-15(7-25)11-29-20/h1-4,6,8-9,11,16H,5,10,12H2,(H,27,28)(H,29,30). The first kappa shape index (κ1) is 19.6. The Morgan fingerprint density at radius 3 is 2.53 bits per heavy atom. The number of nitrogens with zero attached hydrogens (tertiary/aromatic N) is 4. The highest BCUT2D eigenvalue weighted by Gasteiger charge is 2.32. The Kier molecular flexibility index (Phi) is 5.23. The molecule has 0 aromatic carbocycles. The lowest BCUT2D eigenvalue weighted by molar-refractivity contribution is -0.141. The Bertz CT molecular complexity index is 1070. The zero-order valence-electron chi connectivity index (χ0n) is 15.7. The van der Waals surface area contributed by atoms with Crippen molar-refractivity contribution in [3.63, 3.8) is 0 Å². The number of nitrogens with one attached hydrogen (secondary N) is 2. The van der Waals surface area contributed by atoms with E-state index in [2.05, 4.69) is 31.7 Å². The van der Waals surface area contributed by atoms with E-state index in [-0.39, 0.29) is 5.92 Å². The van der Waals surface area contributed by atoms with Gasteiger partial charge in [-0.3, -0.25) is 4.98 Å². The molecule has 30 heavy (non-hydrogen) atoms. The smallest absolute Gasteiger partial charge is 0.369 e. The molecule has 0 aliphatic carbocycles. The van der Waals surface area contributed by atoms with Crippen molar-refractivity contribution >= 4 is 11.6 Å². The Morgan fingerprint density at radius 1 is 1.07 bits per heavy atom. The van der Waals surface area contributed by atoms with Crippen molar-refractivity contribution in [3.8, 4) is 6.07 Å². The van der Waals surface area contributed by atoms with Crippen LogP contribution in [-0.4, -0.2) is 21.5 Å². The monoisotopic (exact) mass is 410 g/mol. The highest BCUT2D eigenvalue weighted by atomic mass is 19.4. The van der Waals surface area contributed by atoms with Crippen molar-refractivity contribution in [2.45, 2.75) is 25.1 Å². The van der Waals surface area contributed by atoms with Crippen LogP contribution in [0, 0.1) is 11.3 Å². The van der Waals surface area contributed by atoms with E-state index in [0.717, 1.165) is 36.0 Å². The summed E-state index contributed by atoms with van der Waals surface area (Å²) < 4.78 is 37.7. The summed E-state index contributed by atoms with van der Waals surface area (Å²) in [4.78, 5) is 12.1. The summed E-state index contributed by atoms with van der Waals surface area (Å²) in [6.07, 6.45) is 0.852. The highest BCUT2D eigenvalue weighted by molar-refractivity contribution is 5.55. The molecule has 9 heteroatoms. The topological polar surface area (TPSA) is 86.5 Å². The van der Waals surface area contributed by atoms with Crippen LogP contribution in [0.15, 0.2) is 48.9 Å². The van der Waals surface area contributed by atoms with Crippen LogP contribution in [0.4, 0.5) is 24.8 Å². The van der Waals surface area contributed by atoms with E-state index in [1.165, 1.54) is 12.3 Å². The van der Waals surface area contributed by atoms with E-state index in [0.29, 0.717) is 23.5 Å². The molecule has 152 valence electrons. The first-order valence-electron chi connectivity index (χ1n) is 9.27. The molecule has 3 aromatic rings. The largest absolute Gasteiger partial charge is 0.433 e. The molecule has 0 bridgehead atoms. The van der Waals surface area contributed by atoms with E-state index in [1.807, 2.05) is 18.2 Å². The first-order chi connectivity index (χ1) is 14.4. The zero-order valence-corrected chi connectivity index (χ0v) is 15.7. The second kappa shape index (κ2) is 7.99. The van der Waals surface area contributed by atoms with Gasteiger partial charge in [-0.1, -0.05) is 12.1 Å². The third kappa shape index (κ3) is 4.33. The number of fused-ring (bicyclic) bond motifs is 1. The van der Waals surface area contributed by atoms with Crippen LogP contribution in [-0.2, 0) is 19.1 Å². The van der Waals surface area contributed by atoms with E-state index >= 15 is 0 Å². The lowest BCUT2D eigenvalue weighted by Crippen LogP contribution is -2.09. The molecular weight excluding hydrogens is 393 g/mol. The van der Waals surface area contributed by atoms with Crippen LogP contribution in [0.5, 0.6) is 0 Å². The normalized spacial score (nSPS) is 15.2. The molecule has 0 fully saturated rings. The Labute approximate surface area is 170 Å². The quantitative estimate of drug-likeness (QED) is 0.658. The molecule has 0 saturated carbocycles. The van der Waals surface area contributed by atoms with Gasteiger partial charge >= 0.3 is 6.18 Å². The molecule has 1 aliphatic heterocycles. The molecule has 0 spiro atoms. The van der Waals surface area contributed by atoms with E-state index in [1.54, 1.807) is 12.4 Å². The average Bonchev–Trinajstić information content (AvgIpc) is 3.15. The number of alkyl halides is 3. The lowest BCUT2D eigenvalue weighted by Gasteiger charge is -2.11. The highest BCUT2D eigenvalue weighted by Crippen LogP contribution is 2.32. The predicted octanol–water partition coefficient (Wildman–Crippen LogP) is 4.13. The maximum absolute atomic E-state index is 12.6. The maximum atomic E-state index is 12.6. The zero-order chi connectivity index (χ0) is 21.1. The SMILES string of the molecule is N#Cc1cnc2c(c1)C(Cc1ccc(NCc3ccc(C(F)(F)F)nc3)nc1)CN2. The average molecular weight is 410 g/mol. The fraction of sp³-hybridized carbons (Fsp3) is 0.238. The number of hydrogen-bond donors (Lipinski definition) is 2. The molecule has 0 radical (unpaired) electrons. The van der Waals surface area contributed by atoms with Crippen LogP contribution >= 0.6 is 0 Å². The van der Waals surface area contributed by atoms with Crippen LogP contribution in [0.3, 0.4) is 0 Å². The van der Waals surface area contributed by atoms with E-state index < -0.39 is 11.9 Å². The van der Waals surface area contributed by atoms with Gasteiger partial charge in [-0.15, -0.1) is 0 Å². The van der Waals surface area contributed by atoms with Gasteiger partial charge < -0.3 is 10.6 Å². The summed E-state index contributed by atoms with van der Waals surface area (Å²) in [7, 11) is 0. The van der Waals surface area contributed by atoms with Gasteiger partial charge in [0, 0.05) is 43.2 Å². The number of hydrogen-bond acceptors (Lipinski definition) is 6. The molecular formula is C21H17F3N6. The molecule has 1 aliphatic rings. The van der Waals surface area contributed by atoms with Gasteiger partial charge in [0.15, 0.2) is 0 Å². The predicted molar refractivity (Wildman–Crippen MR) is 105 cm³/mol.